The second-order valence-corrected chi connectivity index (χ2v) is 6.58. The molecule has 112 valence electrons. The minimum atomic E-state index is 0.195. The van der Waals surface area contributed by atoms with Gasteiger partial charge in [0.05, 0.1) is 10.0 Å². The summed E-state index contributed by atoms with van der Waals surface area (Å²) in [6.07, 6.45) is 0. The second kappa shape index (κ2) is 7.07. The van der Waals surface area contributed by atoms with Crippen molar-refractivity contribution >= 4 is 45.8 Å². The van der Waals surface area contributed by atoms with E-state index in [2.05, 4.69) is 22.6 Å². The van der Waals surface area contributed by atoms with Crippen molar-refractivity contribution < 1.29 is 9.84 Å². The van der Waals surface area contributed by atoms with Gasteiger partial charge in [0.2, 0.25) is 0 Å². The Labute approximate surface area is 148 Å². The fourth-order valence-corrected chi connectivity index (χ4v) is 3.01. The van der Waals surface area contributed by atoms with Crippen LogP contribution in [0.25, 0.3) is 0 Å². The Morgan fingerprint density at radius 3 is 2.29 bits per heavy atom. The molecular weight excluding hydrogens is 422 g/mol. The monoisotopic (exact) mass is 436 g/mol. The molecule has 2 aromatic rings. The molecule has 0 fully saturated rings. The van der Waals surface area contributed by atoms with Crippen molar-refractivity contribution in [3.8, 4) is 17.2 Å². The van der Waals surface area contributed by atoms with E-state index in [1.807, 2.05) is 26.0 Å². The van der Waals surface area contributed by atoms with Crippen molar-refractivity contribution in [2.24, 2.45) is 0 Å². The van der Waals surface area contributed by atoms with Gasteiger partial charge in [0.1, 0.15) is 11.5 Å². The van der Waals surface area contributed by atoms with E-state index >= 15 is 0 Å². The third-order valence-corrected chi connectivity index (χ3v) is 4.50. The summed E-state index contributed by atoms with van der Waals surface area (Å²) in [5.41, 5.74) is 1.87. The summed E-state index contributed by atoms with van der Waals surface area (Å²) in [6, 6.07) is 8.81. The van der Waals surface area contributed by atoms with E-state index in [0.29, 0.717) is 21.5 Å². The second-order valence-electron chi connectivity index (χ2n) is 5.00. The van der Waals surface area contributed by atoms with Crippen LogP contribution in [0.2, 0.25) is 10.0 Å². The molecule has 0 aromatic heterocycles. The van der Waals surface area contributed by atoms with Gasteiger partial charge >= 0.3 is 0 Å². The Bertz CT molecular complexity index is 634. The lowest BCUT2D eigenvalue weighted by Crippen LogP contribution is -1.92. The molecule has 0 atom stereocenters. The van der Waals surface area contributed by atoms with Crippen LogP contribution in [0, 0.1) is 0 Å². The van der Waals surface area contributed by atoms with Crippen LogP contribution in [0.1, 0.15) is 30.9 Å². The number of hydrogen-bond donors (Lipinski definition) is 1. The molecule has 0 radical (unpaired) electrons. The lowest BCUT2D eigenvalue weighted by Gasteiger charge is -2.14. The van der Waals surface area contributed by atoms with Crippen molar-refractivity contribution in [1.82, 2.24) is 0 Å². The SMILES string of the molecule is CC(C)c1cc(Oc2c(Cl)cc(CI)cc2Cl)ccc1O. The molecule has 0 saturated heterocycles. The first-order chi connectivity index (χ1) is 9.92. The minimum absolute atomic E-state index is 0.195. The smallest absolute Gasteiger partial charge is 0.164 e. The molecule has 0 amide bonds. The van der Waals surface area contributed by atoms with Gasteiger partial charge in [-0.05, 0) is 41.8 Å². The van der Waals surface area contributed by atoms with Crippen LogP contribution >= 0.6 is 45.8 Å². The van der Waals surface area contributed by atoms with Gasteiger partial charge in [-0.15, -0.1) is 0 Å². The molecule has 0 aliphatic heterocycles. The Hall–Kier alpha value is -0.650. The molecule has 1 N–H and O–H groups in total. The van der Waals surface area contributed by atoms with E-state index < -0.39 is 0 Å². The Morgan fingerprint density at radius 1 is 1.14 bits per heavy atom. The van der Waals surface area contributed by atoms with Crippen LogP contribution in [-0.2, 0) is 4.43 Å². The lowest BCUT2D eigenvalue weighted by molar-refractivity contribution is 0.455. The maximum atomic E-state index is 9.84. The van der Waals surface area contributed by atoms with E-state index in [1.165, 1.54) is 0 Å². The third-order valence-electron chi connectivity index (χ3n) is 3.05. The van der Waals surface area contributed by atoms with Crippen LogP contribution in [0.3, 0.4) is 0 Å². The molecular formula is C16H15Cl2IO2. The van der Waals surface area contributed by atoms with Gasteiger partial charge in [0, 0.05) is 9.99 Å². The van der Waals surface area contributed by atoms with Crippen LogP contribution in [0.5, 0.6) is 17.2 Å². The Kier molecular flexibility index (Phi) is 5.63. The van der Waals surface area contributed by atoms with E-state index in [4.69, 9.17) is 27.9 Å². The van der Waals surface area contributed by atoms with Crippen LogP contribution in [-0.4, -0.2) is 5.11 Å². The molecule has 21 heavy (non-hydrogen) atoms. The van der Waals surface area contributed by atoms with Crippen molar-refractivity contribution in [3.05, 3.63) is 51.5 Å². The maximum absolute atomic E-state index is 9.84. The molecule has 0 bridgehead atoms. The number of rotatable bonds is 4. The summed E-state index contributed by atoms with van der Waals surface area (Å²) in [6.45, 7) is 4.02. The molecule has 0 aliphatic rings. The first kappa shape index (κ1) is 16.7. The fraction of sp³-hybridized carbons (Fsp3) is 0.250. The molecule has 0 spiro atoms. The number of phenols is 1. The number of phenolic OH excluding ortho intramolecular Hbond substituents is 1. The van der Waals surface area contributed by atoms with Crippen molar-refractivity contribution in [3.63, 3.8) is 0 Å². The highest BCUT2D eigenvalue weighted by atomic mass is 127. The standard InChI is InChI=1S/C16H15Cl2IO2/c1-9(2)12-7-11(3-4-15(12)20)21-16-13(17)5-10(8-19)6-14(16)18/h3-7,9,20H,8H2,1-2H3. The summed E-state index contributed by atoms with van der Waals surface area (Å²) in [5.74, 6) is 1.49. The minimum Gasteiger partial charge on any atom is -0.508 e. The summed E-state index contributed by atoms with van der Waals surface area (Å²) < 4.78 is 6.64. The zero-order valence-electron chi connectivity index (χ0n) is 11.7. The molecule has 2 aromatic carbocycles. The molecule has 0 heterocycles. The average molecular weight is 437 g/mol. The third kappa shape index (κ3) is 3.96. The van der Waals surface area contributed by atoms with Gasteiger partial charge in [0.15, 0.2) is 5.75 Å². The van der Waals surface area contributed by atoms with Gasteiger partial charge in [-0.2, -0.15) is 0 Å². The molecule has 0 saturated carbocycles. The number of aromatic hydroxyl groups is 1. The predicted molar refractivity (Wildman–Crippen MR) is 96.5 cm³/mol. The Morgan fingerprint density at radius 2 is 1.76 bits per heavy atom. The maximum Gasteiger partial charge on any atom is 0.164 e. The number of benzene rings is 2. The van der Waals surface area contributed by atoms with Gasteiger partial charge in [-0.25, -0.2) is 0 Å². The predicted octanol–water partition coefficient (Wildman–Crippen LogP) is 6.55. The zero-order valence-corrected chi connectivity index (χ0v) is 15.3. The van der Waals surface area contributed by atoms with Crippen LogP contribution in [0.15, 0.2) is 30.3 Å². The number of hydrogen-bond acceptors (Lipinski definition) is 2. The van der Waals surface area contributed by atoms with E-state index in [9.17, 15) is 5.11 Å². The van der Waals surface area contributed by atoms with Gasteiger partial charge in [-0.1, -0.05) is 59.6 Å². The van der Waals surface area contributed by atoms with Crippen molar-refractivity contribution in [1.29, 1.82) is 0 Å². The van der Waals surface area contributed by atoms with Crippen LogP contribution in [0.4, 0.5) is 0 Å². The molecule has 5 heteroatoms. The summed E-state index contributed by atoms with van der Waals surface area (Å²) in [4.78, 5) is 0. The lowest BCUT2D eigenvalue weighted by atomic mass is 10.0. The first-order valence-corrected chi connectivity index (χ1v) is 8.75. The first-order valence-electron chi connectivity index (χ1n) is 6.47. The average Bonchev–Trinajstić information content (AvgIpc) is 2.43. The largest absolute Gasteiger partial charge is 0.508 e. The molecule has 0 unspecified atom stereocenters. The number of ether oxygens (including phenoxy) is 1. The molecule has 2 nitrogen and oxygen atoms in total. The van der Waals surface area contributed by atoms with E-state index in [0.717, 1.165) is 15.6 Å². The van der Waals surface area contributed by atoms with E-state index in [1.54, 1.807) is 18.2 Å². The molecule has 0 aliphatic carbocycles. The van der Waals surface area contributed by atoms with Gasteiger partial charge in [-0.3, -0.25) is 0 Å². The summed E-state index contributed by atoms with van der Waals surface area (Å²) in [7, 11) is 0. The zero-order chi connectivity index (χ0) is 15.6. The molecule has 2 rings (SSSR count). The summed E-state index contributed by atoms with van der Waals surface area (Å²) in [5, 5.41) is 10.8. The quantitative estimate of drug-likeness (QED) is 0.435. The van der Waals surface area contributed by atoms with Crippen LogP contribution < -0.4 is 4.74 Å². The number of alkyl halides is 1. The summed E-state index contributed by atoms with van der Waals surface area (Å²) >= 11 is 14.7. The van der Waals surface area contributed by atoms with Crippen molar-refractivity contribution in [2.45, 2.75) is 24.2 Å². The van der Waals surface area contributed by atoms with Gasteiger partial charge < -0.3 is 9.84 Å². The van der Waals surface area contributed by atoms with Crippen molar-refractivity contribution in [2.75, 3.05) is 0 Å². The highest BCUT2D eigenvalue weighted by Crippen LogP contribution is 2.39. The normalized spacial score (nSPS) is 11.0. The van der Waals surface area contributed by atoms with E-state index in [-0.39, 0.29) is 11.7 Å². The number of halogens is 3. The Balaban J connectivity index is 2.37. The topological polar surface area (TPSA) is 29.5 Å². The highest BCUT2D eigenvalue weighted by Gasteiger charge is 2.13. The van der Waals surface area contributed by atoms with Gasteiger partial charge in [0.25, 0.3) is 0 Å². The highest BCUT2D eigenvalue weighted by molar-refractivity contribution is 14.1. The fourth-order valence-electron chi connectivity index (χ4n) is 1.96.